The summed E-state index contributed by atoms with van der Waals surface area (Å²) in [6.07, 6.45) is 0.762. The highest BCUT2D eigenvalue weighted by Crippen LogP contribution is 2.20. The fourth-order valence-electron chi connectivity index (χ4n) is 1.72. The number of hydrogen-bond donors (Lipinski definition) is 0. The maximum Gasteiger partial charge on any atom is 0.305 e. The molecule has 0 saturated carbocycles. The lowest BCUT2D eigenvalue weighted by Crippen LogP contribution is -2.27. The van der Waals surface area contributed by atoms with Gasteiger partial charge in [0.15, 0.2) is 0 Å². The molecular formula is C11H18N2O3. The maximum absolute atomic E-state index is 11.8. The summed E-state index contributed by atoms with van der Waals surface area (Å²) < 4.78 is 4.82. The highest BCUT2D eigenvalue weighted by atomic mass is 16.5. The summed E-state index contributed by atoms with van der Waals surface area (Å²) in [7, 11) is 0. The van der Waals surface area contributed by atoms with Crippen molar-refractivity contribution in [1.29, 1.82) is 0 Å². The molecule has 5 nitrogen and oxygen atoms in total. The molecular weight excluding hydrogens is 208 g/mol. The monoisotopic (exact) mass is 226 g/mol. The van der Waals surface area contributed by atoms with E-state index in [0.717, 1.165) is 5.71 Å². The van der Waals surface area contributed by atoms with E-state index in [2.05, 4.69) is 5.10 Å². The Kier molecular flexibility index (Phi) is 4.46. The Bertz CT molecular complexity index is 312. The first-order chi connectivity index (χ1) is 7.60. The summed E-state index contributed by atoms with van der Waals surface area (Å²) in [4.78, 5) is 23.0. The molecule has 1 aliphatic rings. The van der Waals surface area contributed by atoms with Crippen molar-refractivity contribution < 1.29 is 14.3 Å². The minimum atomic E-state index is -0.252. The van der Waals surface area contributed by atoms with E-state index < -0.39 is 0 Å². The first kappa shape index (κ1) is 12.7. The molecule has 0 N–H and O–H groups in total. The number of hydrazone groups is 1. The normalized spacial score (nSPS) is 19.9. The number of nitrogens with zero attached hydrogens (tertiary/aromatic N) is 2. The minimum absolute atomic E-state index is 0.00991. The van der Waals surface area contributed by atoms with Gasteiger partial charge in [0.05, 0.1) is 12.5 Å². The van der Waals surface area contributed by atoms with Crippen molar-refractivity contribution in [2.45, 2.75) is 33.6 Å². The zero-order valence-corrected chi connectivity index (χ0v) is 10.0. The average Bonchev–Trinajstić information content (AvgIpc) is 2.52. The van der Waals surface area contributed by atoms with Gasteiger partial charge in [-0.2, -0.15) is 5.10 Å². The Morgan fingerprint density at radius 3 is 2.69 bits per heavy atom. The van der Waals surface area contributed by atoms with E-state index in [1.54, 1.807) is 6.92 Å². The number of esters is 1. The molecule has 1 rings (SSSR count). The van der Waals surface area contributed by atoms with Gasteiger partial charge in [-0.25, -0.2) is 5.01 Å². The van der Waals surface area contributed by atoms with Crippen molar-refractivity contribution >= 4 is 17.6 Å². The quantitative estimate of drug-likeness (QED) is 0.661. The van der Waals surface area contributed by atoms with Crippen LogP contribution >= 0.6 is 0 Å². The van der Waals surface area contributed by atoms with Crippen molar-refractivity contribution in [3.05, 3.63) is 0 Å². The molecule has 1 heterocycles. The zero-order chi connectivity index (χ0) is 12.1. The lowest BCUT2D eigenvalue weighted by molar-refractivity contribution is -0.143. The molecule has 0 aromatic rings. The molecule has 90 valence electrons. The number of amides is 1. The number of carbonyl (C=O) groups excluding carboxylic acids is 2. The number of ether oxygens (including phenoxy) is 1. The standard InChI is InChI=1S/C11H18N2O3/c1-4-13-11(15)9(8(3)12-13)6-7-10(14)16-5-2/h9H,4-7H2,1-3H3. The van der Waals surface area contributed by atoms with Gasteiger partial charge >= 0.3 is 5.97 Å². The first-order valence-electron chi connectivity index (χ1n) is 5.62. The van der Waals surface area contributed by atoms with Crippen LogP contribution in [-0.2, 0) is 14.3 Å². The molecule has 0 aromatic carbocycles. The summed E-state index contributed by atoms with van der Waals surface area (Å²) in [5.74, 6) is -0.508. The Morgan fingerprint density at radius 1 is 1.50 bits per heavy atom. The maximum atomic E-state index is 11.8. The van der Waals surface area contributed by atoms with Crippen molar-refractivity contribution in [1.82, 2.24) is 5.01 Å². The number of hydrogen-bond acceptors (Lipinski definition) is 4. The molecule has 0 spiro atoms. The number of rotatable bonds is 5. The molecule has 1 aliphatic heterocycles. The first-order valence-corrected chi connectivity index (χ1v) is 5.62. The van der Waals surface area contributed by atoms with E-state index in [-0.39, 0.29) is 24.2 Å². The minimum Gasteiger partial charge on any atom is -0.466 e. The lowest BCUT2D eigenvalue weighted by atomic mass is 9.98. The van der Waals surface area contributed by atoms with Crippen LogP contribution in [0.15, 0.2) is 5.10 Å². The van der Waals surface area contributed by atoms with Crippen molar-refractivity contribution in [3.8, 4) is 0 Å². The Labute approximate surface area is 95.4 Å². The summed E-state index contributed by atoms with van der Waals surface area (Å²) in [5, 5.41) is 5.59. The third-order valence-electron chi connectivity index (χ3n) is 2.58. The highest BCUT2D eigenvalue weighted by molar-refractivity contribution is 6.07. The predicted octanol–water partition coefficient (Wildman–Crippen LogP) is 1.18. The topological polar surface area (TPSA) is 59.0 Å². The average molecular weight is 226 g/mol. The lowest BCUT2D eigenvalue weighted by Gasteiger charge is -2.11. The summed E-state index contributed by atoms with van der Waals surface area (Å²) >= 11 is 0. The molecule has 5 heteroatoms. The summed E-state index contributed by atoms with van der Waals surface area (Å²) in [6, 6.07) is 0. The van der Waals surface area contributed by atoms with E-state index in [1.807, 2.05) is 13.8 Å². The third kappa shape index (κ3) is 2.81. The second-order valence-corrected chi connectivity index (χ2v) is 3.69. The van der Waals surface area contributed by atoms with Gasteiger partial charge in [0.1, 0.15) is 0 Å². The van der Waals surface area contributed by atoms with Gasteiger partial charge in [-0.05, 0) is 27.2 Å². The molecule has 16 heavy (non-hydrogen) atoms. The Hall–Kier alpha value is -1.39. The van der Waals surface area contributed by atoms with E-state index >= 15 is 0 Å². The second-order valence-electron chi connectivity index (χ2n) is 3.69. The highest BCUT2D eigenvalue weighted by Gasteiger charge is 2.32. The van der Waals surface area contributed by atoms with Crippen molar-refractivity contribution in [2.24, 2.45) is 11.0 Å². The molecule has 0 bridgehead atoms. The van der Waals surface area contributed by atoms with Crippen LogP contribution in [0.2, 0.25) is 0 Å². The second kappa shape index (κ2) is 5.63. The molecule has 0 saturated heterocycles. The van der Waals surface area contributed by atoms with Crippen LogP contribution in [0.5, 0.6) is 0 Å². The Morgan fingerprint density at radius 2 is 2.19 bits per heavy atom. The van der Waals surface area contributed by atoms with E-state index in [9.17, 15) is 9.59 Å². The van der Waals surface area contributed by atoms with Gasteiger partial charge in [0.2, 0.25) is 0 Å². The smallest absolute Gasteiger partial charge is 0.305 e. The van der Waals surface area contributed by atoms with Gasteiger partial charge < -0.3 is 4.74 Å². The fraction of sp³-hybridized carbons (Fsp3) is 0.727. The molecule has 1 atom stereocenters. The molecule has 1 unspecified atom stereocenters. The van der Waals surface area contributed by atoms with Crippen LogP contribution in [0.25, 0.3) is 0 Å². The Balaban J connectivity index is 2.47. The van der Waals surface area contributed by atoms with E-state index in [4.69, 9.17) is 4.74 Å². The molecule has 0 aliphatic carbocycles. The van der Waals surface area contributed by atoms with Crippen LogP contribution in [-0.4, -0.2) is 35.7 Å². The van der Waals surface area contributed by atoms with Crippen LogP contribution in [0.1, 0.15) is 33.6 Å². The van der Waals surface area contributed by atoms with E-state index in [0.29, 0.717) is 19.6 Å². The fourth-order valence-corrected chi connectivity index (χ4v) is 1.72. The van der Waals surface area contributed by atoms with Gasteiger partial charge in [0.25, 0.3) is 5.91 Å². The van der Waals surface area contributed by atoms with Crippen LogP contribution in [0.3, 0.4) is 0 Å². The summed E-state index contributed by atoms with van der Waals surface area (Å²) in [5.41, 5.74) is 0.788. The summed E-state index contributed by atoms with van der Waals surface area (Å²) in [6.45, 7) is 6.42. The van der Waals surface area contributed by atoms with E-state index in [1.165, 1.54) is 5.01 Å². The molecule has 0 radical (unpaired) electrons. The zero-order valence-electron chi connectivity index (χ0n) is 10.0. The third-order valence-corrected chi connectivity index (χ3v) is 2.58. The van der Waals surface area contributed by atoms with Crippen LogP contribution in [0.4, 0.5) is 0 Å². The van der Waals surface area contributed by atoms with Crippen molar-refractivity contribution in [3.63, 3.8) is 0 Å². The van der Waals surface area contributed by atoms with Gasteiger partial charge in [0, 0.05) is 18.7 Å². The van der Waals surface area contributed by atoms with Gasteiger partial charge in [-0.3, -0.25) is 9.59 Å². The molecule has 0 aromatic heterocycles. The van der Waals surface area contributed by atoms with Crippen LogP contribution in [0, 0.1) is 5.92 Å². The van der Waals surface area contributed by atoms with Gasteiger partial charge in [-0.15, -0.1) is 0 Å². The number of carbonyl (C=O) groups is 2. The van der Waals surface area contributed by atoms with Crippen LogP contribution < -0.4 is 0 Å². The molecule has 0 fully saturated rings. The largest absolute Gasteiger partial charge is 0.466 e. The predicted molar refractivity (Wildman–Crippen MR) is 59.9 cm³/mol. The molecule has 1 amide bonds. The van der Waals surface area contributed by atoms with Gasteiger partial charge in [-0.1, -0.05) is 0 Å². The van der Waals surface area contributed by atoms with Crippen molar-refractivity contribution in [2.75, 3.05) is 13.2 Å². The SMILES string of the molecule is CCOC(=O)CCC1C(=O)N(CC)N=C1C.